The number of ether oxygens (including phenoxy) is 4. The summed E-state index contributed by atoms with van der Waals surface area (Å²) in [7, 11) is 1.38. The van der Waals surface area contributed by atoms with E-state index in [4.69, 9.17) is 18.9 Å². The number of aliphatic hydroxyl groups is 4. The number of rotatable bonds is 7. The Morgan fingerprint density at radius 1 is 0.969 bits per heavy atom. The normalized spacial score (nSPS) is 25.2. The molecule has 174 valence electrons. The molecular formula is C21H24O11. The van der Waals surface area contributed by atoms with Crippen molar-refractivity contribution in [2.45, 2.75) is 37.3 Å². The zero-order chi connectivity index (χ0) is 23.4. The van der Waals surface area contributed by atoms with Crippen LogP contribution in [0.3, 0.4) is 0 Å². The molecule has 3 rings (SSSR count). The van der Waals surface area contributed by atoms with Gasteiger partial charge >= 0.3 is 5.97 Å². The molecule has 32 heavy (non-hydrogen) atoms. The van der Waals surface area contributed by atoms with Crippen LogP contribution in [0.15, 0.2) is 36.4 Å². The number of carbonyl (C=O) groups is 1. The second-order valence-electron chi connectivity index (χ2n) is 7.08. The number of methoxy groups -OCH3 is 1. The van der Waals surface area contributed by atoms with Gasteiger partial charge in [0.25, 0.3) is 0 Å². The minimum atomic E-state index is -1.63. The lowest BCUT2D eigenvalue weighted by atomic mass is 9.99. The Hall–Kier alpha value is -3.09. The van der Waals surface area contributed by atoms with Gasteiger partial charge in [-0.25, -0.2) is 4.79 Å². The third-order valence-corrected chi connectivity index (χ3v) is 4.90. The maximum Gasteiger partial charge on any atom is 0.338 e. The second kappa shape index (κ2) is 10.0. The van der Waals surface area contributed by atoms with E-state index in [2.05, 4.69) is 0 Å². The van der Waals surface area contributed by atoms with Gasteiger partial charge in [0.1, 0.15) is 31.0 Å². The van der Waals surface area contributed by atoms with Crippen molar-refractivity contribution in [1.29, 1.82) is 0 Å². The van der Waals surface area contributed by atoms with E-state index in [-0.39, 0.29) is 35.2 Å². The highest BCUT2D eigenvalue weighted by atomic mass is 16.7. The van der Waals surface area contributed by atoms with Gasteiger partial charge in [0.05, 0.1) is 19.3 Å². The molecule has 1 saturated heterocycles. The second-order valence-corrected chi connectivity index (χ2v) is 7.08. The Bertz CT molecular complexity index is 945. The van der Waals surface area contributed by atoms with Crippen LogP contribution in [0.1, 0.15) is 15.9 Å². The fourth-order valence-corrected chi connectivity index (χ4v) is 3.09. The van der Waals surface area contributed by atoms with Crippen LogP contribution in [0.2, 0.25) is 0 Å². The minimum absolute atomic E-state index is 0.107. The molecule has 0 spiro atoms. The molecular weight excluding hydrogens is 428 g/mol. The largest absolute Gasteiger partial charge is 0.504 e. The molecule has 6 N–H and O–H groups in total. The average molecular weight is 452 g/mol. The number of phenols is 2. The lowest BCUT2D eigenvalue weighted by molar-refractivity contribution is -0.277. The Labute approximate surface area is 182 Å². The van der Waals surface area contributed by atoms with Crippen molar-refractivity contribution in [3.05, 3.63) is 47.5 Å². The van der Waals surface area contributed by atoms with Crippen LogP contribution in [0, 0.1) is 0 Å². The summed E-state index contributed by atoms with van der Waals surface area (Å²) in [6.07, 6.45) is -7.40. The fraction of sp³-hybridized carbons (Fsp3) is 0.381. The molecule has 2 aromatic carbocycles. The topological polar surface area (TPSA) is 175 Å². The van der Waals surface area contributed by atoms with Crippen LogP contribution >= 0.6 is 0 Å². The molecule has 1 heterocycles. The van der Waals surface area contributed by atoms with Crippen molar-refractivity contribution in [2.24, 2.45) is 0 Å². The molecule has 0 bridgehead atoms. The van der Waals surface area contributed by atoms with Crippen molar-refractivity contribution < 1.29 is 54.4 Å². The number of benzene rings is 2. The molecule has 0 saturated carbocycles. The highest BCUT2D eigenvalue weighted by molar-refractivity contribution is 5.90. The van der Waals surface area contributed by atoms with E-state index in [1.807, 2.05) is 0 Å². The first-order chi connectivity index (χ1) is 15.2. The minimum Gasteiger partial charge on any atom is -0.504 e. The summed E-state index contributed by atoms with van der Waals surface area (Å²) >= 11 is 0. The number of hydrogen-bond acceptors (Lipinski definition) is 11. The maximum absolute atomic E-state index is 12.2. The van der Waals surface area contributed by atoms with Gasteiger partial charge in [-0.3, -0.25) is 0 Å². The van der Waals surface area contributed by atoms with Gasteiger partial charge in [-0.1, -0.05) is 6.07 Å². The molecule has 5 unspecified atom stereocenters. The first-order valence-electron chi connectivity index (χ1n) is 9.58. The Balaban J connectivity index is 1.62. The number of esters is 1. The predicted molar refractivity (Wildman–Crippen MR) is 106 cm³/mol. The van der Waals surface area contributed by atoms with Crippen LogP contribution < -0.4 is 9.47 Å². The number of phenolic OH excluding ortho intramolecular Hbond substituents is 2. The zero-order valence-electron chi connectivity index (χ0n) is 17.0. The zero-order valence-corrected chi connectivity index (χ0v) is 17.0. The van der Waals surface area contributed by atoms with Gasteiger partial charge in [0, 0.05) is 0 Å². The summed E-state index contributed by atoms with van der Waals surface area (Å²) in [5.41, 5.74) is 0.518. The number of hydrogen-bond donors (Lipinski definition) is 6. The van der Waals surface area contributed by atoms with Crippen molar-refractivity contribution >= 4 is 5.97 Å². The van der Waals surface area contributed by atoms with Gasteiger partial charge in [0.2, 0.25) is 6.29 Å². The smallest absolute Gasteiger partial charge is 0.338 e. The average Bonchev–Trinajstić information content (AvgIpc) is 2.79. The van der Waals surface area contributed by atoms with E-state index in [0.717, 1.165) is 0 Å². The highest BCUT2D eigenvalue weighted by Gasteiger charge is 2.44. The lowest BCUT2D eigenvalue weighted by Crippen LogP contribution is -2.60. The first kappa shape index (κ1) is 23.6. The van der Waals surface area contributed by atoms with Gasteiger partial charge in [-0.05, 0) is 35.9 Å². The van der Waals surface area contributed by atoms with E-state index < -0.39 is 43.3 Å². The fourth-order valence-electron chi connectivity index (χ4n) is 3.09. The molecule has 11 nitrogen and oxygen atoms in total. The van der Waals surface area contributed by atoms with Gasteiger partial charge in [-0.15, -0.1) is 0 Å². The summed E-state index contributed by atoms with van der Waals surface area (Å²) in [6.45, 7) is -0.813. The summed E-state index contributed by atoms with van der Waals surface area (Å²) < 4.78 is 20.7. The van der Waals surface area contributed by atoms with Crippen LogP contribution in [0.25, 0.3) is 0 Å². The Kier molecular flexibility index (Phi) is 7.38. The van der Waals surface area contributed by atoms with E-state index >= 15 is 0 Å². The quantitative estimate of drug-likeness (QED) is 0.303. The summed E-state index contributed by atoms with van der Waals surface area (Å²) in [4.78, 5) is 12.2. The van der Waals surface area contributed by atoms with Crippen LogP contribution in [0.4, 0.5) is 0 Å². The highest BCUT2D eigenvalue weighted by Crippen LogP contribution is 2.31. The van der Waals surface area contributed by atoms with Gasteiger partial charge in [0.15, 0.2) is 23.0 Å². The summed E-state index contributed by atoms with van der Waals surface area (Å²) in [5, 5.41) is 58.8. The molecule has 2 aromatic rings. The molecule has 1 aliphatic heterocycles. The van der Waals surface area contributed by atoms with Crippen LogP contribution in [-0.4, -0.2) is 81.0 Å². The van der Waals surface area contributed by atoms with Crippen LogP contribution in [0.5, 0.6) is 23.0 Å². The van der Waals surface area contributed by atoms with E-state index in [1.165, 1.54) is 43.5 Å². The summed E-state index contributed by atoms with van der Waals surface area (Å²) in [6, 6.07) is 8.13. The number of carbonyl (C=O) groups excluding carboxylic acids is 1. The third kappa shape index (κ3) is 5.03. The van der Waals surface area contributed by atoms with E-state index in [9.17, 15) is 35.4 Å². The van der Waals surface area contributed by atoms with E-state index in [1.54, 1.807) is 0 Å². The third-order valence-electron chi connectivity index (χ3n) is 4.90. The molecule has 0 radical (unpaired) electrons. The van der Waals surface area contributed by atoms with Crippen molar-refractivity contribution in [3.8, 4) is 23.0 Å². The molecule has 0 aromatic heterocycles. The molecule has 1 fully saturated rings. The predicted octanol–water partition coefficient (Wildman–Crippen LogP) is -0.358. The Morgan fingerprint density at radius 2 is 1.66 bits per heavy atom. The number of aliphatic hydroxyl groups excluding tert-OH is 4. The Morgan fingerprint density at radius 3 is 2.28 bits per heavy atom. The SMILES string of the molecule is COc1ccc(C(=O)OCc2ccc(OC3OC(CO)C(O)C(O)C3O)c(O)c2)cc1O. The lowest BCUT2D eigenvalue weighted by Gasteiger charge is -2.39. The molecule has 11 heteroatoms. The maximum atomic E-state index is 12.2. The van der Waals surface area contributed by atoms with E-state index in [0.29, 0.717) is 5.56 Å². The van der Waals surface area contributed by atoms with Crippen LogP contribution in [-0.2, 0) is 16.1 Å². The summed E-state index contributed by atoms with van der Waals surface area (Å²) in [5.74, 6) is -1.18. The van der Waals surface area contributed by atoms with Crippen molar-refractivity contribution in [3.63, 3.8) is 0 Å². The first-order valence-corrected chi connectivity index (χ1v) is 9.58. The molecule has 0 amide bonds. The molecule has 5 atom stereocenters. The van der Waals surface area contributed by atoms with Crippen molar-refractivity contribution in [1.82, 2.24) is 0 Å². The standard InChI is InChI=1S/C21H24O11/c1-29-14-5-3-11(7-13(14)24)20(28)30-9-10-2-4-15(12(23)6-10)31-21-19(27)18(26)17(25)16(8-22)32-21/h2-7,16-19,21-27H,8-9H2,1H3. The number of aromatic hydroxyl groups is 2. The van der Waals surface area contributed by atoms with Gasteiger partial charge in [-0.2, -0.15) is 0 Å². The van der Waals surface area contributed by atoms with Gasteiger partial charge < -0.3 is 49.6 Å². The van der Waals surface area contributed by atoms with Crippen molar-refractivity contribution in [2.75, 3.05) is 13.7 Å². The monoisotopic (exact) mass is 452 g/mol. The molecule has 0 aliphatic carbocycles. The molecule has 1 aliphatic rings.